The first kappa shape index (κ1) is 23.0. The molecular weight excluding hydrogens is 468 g/mol. The summed E-state index contributed by atoms with van der Waals surface area (Å²) >= 11 is 7.01. The van der Waals surface area contributed by atoms with Gasteiger partial charge in [-0.3, -0.25) is 24.6 Å². The Labute approximate surface area is 198 Å². The lowest BCUT2D eigenvalue weighted by Crippen LogP contribution is -2.40. The maximum atomic E-state index is 12.7. The number of rotatable bonds is 4. The Morgan fingerprint density at radius 1 is 1.24 bits per heavy atom. The van der Waals surface area contributed by atoms with Crippen LogP contribution in [0.5, 0.6) is 0 Å². The largest absolute Gasteiger partial charge is 0.378 e. The molecule has 4 rings (SSSR count). The topological polar surface area (TPSA) is 105 Å². The van der Waals surface area contributed by atoms with Gasteiger partial charge in [-0.25, -0.2) is 4.99 Å². The van der Waals surface area contributed by atoms with Gasteiger partial charge in [0.05, 0.1) is 28.7 Å². The lowest BCUT2D eigenvalue weighted by Gasteiger charge is -2.26. The number of nitrogens with zero attached hydrogens (tertiary/aromatic N) is 4. The van der Waals surface area contributed by atoms with Gasteiger partial charge in [0.25, 0.3) is 17.5 Å². The zero-order valence-corrected chi connectivity index (χ0v) is 19.1. The second-order valence-electron chi connectivity index (χ2n) is 7.29. The van der Waals surface area contributed by atoms with E-state index in [9.17, 15) is 19.7 Å². The Balaban J connectivity index is 1.57. The van der Waals surface area contributed by atoms with Crippen LogP contribution in [0.15, 0.2) is 52.4 Å². The molecule has 0 atom stereocenters. The van der Waals surface area contributed by atoms with Crippen molar-refractivity contribution in [3.63, 3.8) is 0 Å². The third-order valence-corrected chi connectivity index (χ3v) is 6.46. The van der Waals surface area contributed by atoms with Gasteiger partial charge in [-0.05, 0) is 47.7 Å². The maximum absolute atomic E-state index is 12.7. The zero-order valence-electron chi connectivity index (χ0n) is 17.6. The van der Waals surface area contributed by atoms with Crippen molar-refractivity contribution >= 4 is 57.8 Å². The lowest BCUT2D eigenvalue weighted by molar-refractivity contribution is -0.384. The van der Waals surface area contributed by atoms with Crippen molar-refractivity contribution in [3.8, 4) is 0 Å². The van der Waals surface area contributed by atoms with Crippen LogP contribution in [0.4, 0.5) is 11.4 Å². The number of amides is 2. The minimum Gasteiger partial charge on any atom is -0.378 e. The van der Waals surface area contributed by atoms with Gasteiger partial charge in [-0.15, -0.1) is 0 Å². The summed E-state index contributed by atoms with van der Waals surface area (Å²) in [6.07, 6.45) is 1.56. The molecule has 33 heavy (non-hydrogen) atoms. The highest BCUT2D eigenvalue weighted by Gasteiger charge is 2.30. The molecule has 2 amide bonds. The number of morpholine rings is 1. The number of amidine groups is 1. The highest BCUT2D eigenvalue weighted by Crippen LogP contribution is 2.34. The fourth-order valence-electron chi connectivity index (χ4n) is 3.33. The van der Waals surface area contributed by atoms with Crippen molar-refractivity contribution in [3.05, 3.63) is 73.6 Å². The van der Waals surface area contributed by atoms with E-state index in [1.165, 1.54) is 17.0 Å². The number of likely N-dealkylation sites (N-methyl/N-ethyl adjacent to an activating group) is 1. The molecule has 0 radical (unpaired) electrons. The van der Waals surface area contributed by atoms with E-state index >= 15 is 0 Å². The van der Waals surface area contributed by atoms with Gasteiger partial charge < -0.3 is 9.64 Å². The average molecular weight is 487 g/mol. The Morgan fingerprint density at radius 2 is 2.00 bits per heavy atom. The first-order chi connectivity index (χ1) is 15.8. The standard InChI is InChI=1S/C22H19ClN4O5S/c1-25-21(29)19(12-14-5-6-17(23)18(11-14)27(30)31)33-22(25)24-16-4-2-3-15(13-16)20(28)26-7-9-32-10-8-26/h2-6,11-13H,7-10H2,1H3/b19-12+,24-22?. The summed E-state index contributed by atoms with van der Waals surface area (Å²) in [6.45, 7) is 2.12. The van der Waals surface area contributed by atoms with E-state index in [4.69, 9.17) is 16.3 Å². The number of aliphatic imine (C=N–C) groups is 1. The van der Waals surface area contributed by atoms with E-state index in [1.807, 2.05) is 0 Å². The van der Waals surface area contributed by atoms with Crippen LogP contribution in [0.3, 0.4) is 0 Å². The molecule has 2 aromatic rings. The van der Waals surface area contributed by atoms with E-state index in [0.29, 0.717) is 53.2 Å². The summed E-state index contributed by atoms with van der Waals surface area (Å²) in [6, 6.07) is 11.3. The predicted molar refractivity (Wildman–Crippen MR) is 127 cm³/mol. The zero-order chi connectivity index (χ0) is 23.5. The van der Waals surface area contributed by atoms with Crippen LogP contribution in [0.25, 0.3) is 6.08 Å². The number of halogens is 1. The number of benzene rings is 2. The van der Waals surface area contributed by atoms with Crippen LogP contribution >= 0.6 is 23.4 Å². The van der Waals surface area contributed by atoms with Crippen LogP contribution in [0, 0.1) is 10.1 Å². The van der Waals surface area contributed by atoms with Crippen molar-refractivity contribution in [2.45, 2.75) is 0 Å². The molecule has 2 heterocycles. The molecule has 0 aromatic heterocycles. The van der Waals surface area contributed by atoms with Gasteiger partial charge in [0.2, 0.25) is 0 Å². The van der Waals surface area contributed by atoms with Crippen molar-refractivity contribution in [2.75, 3.05) is 33.4 Å². The summed E-state index contributed by atoms with van der Waals surface area (Å²) < 4.78 is 5.30. The fraction of sp³-hybridized carbons (Fsp3) is 0.227. The van der Waals surface area contributed by atoms with Gasteiger partial charge >= 0.3 is 0 Å². The number of nitro groups is 1. The first-order valence-electron chi connectivity index (χ1n) is 10.0. The molecule has 170 valence electrons. The van der Waals surface area contributed by atoms with E-state index in [1.54, 1.807) is 48.4 Å². The molecule has 11 heteroatoms. The molecule has 0 N–H and O–H groups in total. The first-order valence-corrected chi connectivity index (χ1v) is 11.2. The lowest BCUT2D eigenvalue weighted by atomic mass is 10.1. The van der Waals surface area contributed by atoms with Crippen LogP contribution in [0.2, 0.25) is 5.02 Å². The normalized spacial score (nSPS) is 18.9. The summed E-state index contributed by atoms with van der Waals surface area (Å²) in [5, 5.41) is 11.6. The minimum absolute atomic E-state index is 0.0263. The number of hydrogen-bond acceptors (Lipinski definition) is 7. The second-order valence-corrected chi connectivity index (χ2v) is 8.71. The molecule has 2 saturated heterocycles. The fourth-order valence-corrected chi connectivity index (χ4v) is 4.50. The monoisotopic (exact) mass is 486 g/mol. The highest BCUT2D eigenvalue weighted by molar-refractivity contribution is 8.18. The van der Waals surface area contributed by atoms with Gasteiger partial charge in [0.1, 0.15) is 5.02 Å². The van der Waals surface area contributed by atoms with Crippen LogP contribution < -0.4 is 0 Å². The van der Waals surface area contributed by atoms with E-state index in [-0.39, 0.29) is 22.5 Å². The van der Waals surface area contributed by atoms with E-state index in [2.05, 4.69) is 4.99 Å². The van der Waals surface area contributed by atoms with Crippen LogP contribution in [-0.2, 0) is 9.53 Å². The molecule has 2 aliphatic heterocycles. The van der Waals surface area contributed by atoms with Crippen LogP contribution in [0.1, 0.15) is 15.9 Å². The van der Waals surface area contributed by atoms with Gasteiger partial charge in [-0.2, -0.15) is 0 Å². The minimum atomic E-state index is -0.571. The number of ether oxygens (including phenoxy) is 1. The second kappa shape index (κ2) is 9.74. The molecule has 0 bridgehead atoms. The average Bonchev–Trinajstić information content (AvgIpc) is 3.08. The van der Waals surface area contributed by atoms with E-state index < -0.39 is 4.92 Å². The number of hydrogen-bond donors (Lipinski definition) is 0. The number of nitro benzene ring substituents is 1. The summed E-state index contributed by atoms with van der Waals surface area (Å²) in [4.78, 5) is 44.1. The molecule has 0 saturated carbocycles. The number of carbonyl (C=O) groups excluding carboxylic acids is 2. The number of carbonyl (C=O) groups is 2. The number of thioether (sulfide) groups is 1. The third-order valence-electron chi connectivity index (χ3n) is 5.08. The predicted octanol–water partition coefficient (Wildman–Crippen LogP) is 3.95. The van der Waals surface area contributed by atoms with Crippen molar-refractivity contribution in [1.82, 2.24) is 9.80 Å². The van der Waals surface area contributed by atoms with Crippen molar-refractivity contribution in [2.24, 2.45) is 4.99 Å². The molecule has 2 aliphatic rings. The molecular formula is C22H19ClN4O5S. The molecule has 0 unspecified atom stereocenters. The summed E-state index contributed by atoms with van der Waals surface area (Å²) in [5.41, 5.74) is 1.31. The quantitative estimate of drug-likeness (QED) is 0.368. The Hall–Kier alpha value is -3.21. The highest BCUT2D eigenvalue weighted by atomic mass is 35.5. The maximum Gasteiger partial charge on any atom is 0.288 e. The molecule has 9 nitrogen and oxygen atoms in total. The summed E-state index contributed by atoms with van der Waals surface area (Å²) in [5.74, 6) is -0.370. The SMILES string of the molecule is CN1C(=O)/C(=C\c2ccc(Cl)c([N+](=O)[O-])c2)SC1=Nc1cccc(C(=O)N2CCOCC2)c1. The molecule has 2 aromatic carbocycles. The Morgan fingerprint density at radius 3 is 2.73 bits per heavy atom. The molecule has 0 aliphatic carbocycles. The summed E-state index contributed by atoms with van der Waals surface area (Å²) in [7, 11) is 1.60. The van der Waals surface area contributed by atoms with Gasteiger partial charge in [0.15, 0.2) is 5.17 Å². The molecule has 0 spiro atoms. The van der Waals surface area contributed by atoms with Gasteiger partial charge in [0, 0.05) is 31.8 Å². The Bertz CT molecular complexity index is 1190. The smallest absolute Gasteiger partial charge is 0.288 e. The van der Waals surface area contributed by atoms with Crippen molar-refractivity contribution in [1.29, 1.82) is 0 Å². The third kappa shape index (κ3) is 5.08. The Kier molecular flexibility index (Phi) is 6.77. The van der Waals surface area contributed by atoms with E-state index in [0.717, 1.165) is 11.8 Å². The van der Waals surface area contributed by atoms with Gasteiger partial charge in [-0.1, -0.05) is 23.7 Å². The van der Waals surface area contributed by atoms with Crippen molar-refractivity contribution < 1.29 is 19.2 Å². The molecule has 2 fully saturated rings. The van der Waals surface area contributed by atoms with Crippen LogP contribution in [-0.4, -0.2) is 65.1 Å².